The second-order valence-corrected chi connectivity index (χ2v) is 4.99. The lowest BCUT2D eigenvalue weighted by atomic mass is 9.86. The van der Waals surface area contributed by atoms with Gasteiger partial charge in [-0.05, 0) is 66.6 Å². The highest BCUT2D eigenvalue weighted by molar-refractivity contribution is 5.66. The lowest BCUT2D eigenvalue weighted by Gasteiger charge is -2.20. The Morgan fingerprint density at radius 2 is 1.75 bits per heavy atom. The molecule has 0 spiro atoms. The number of aromatic amines is 1. The number of aromatic nitrogens is 1. The van der Waals surface area contributed by atoms with Gasteiger partial charge in [0.05, 0.1) is 5.69 Å². The molecule has 1 N–H and O–H groups in total. The van der Waals surface area contributed by atoms with E-state index in [-0.39, 0.29) is 16.9 Å². The highest BCUT2D eigenvalue weighted by atomic mass is 19.1. The van der Waals surface area contributed by atoms with Crippen LogP contribution in [0.25, 0.3) is 11.3 Å². The maximum Gasteiger partial charge on any atom is 0.266 e. The Morgan fingerprint density at radius 3 is 2.40 bits per heavy atom. The Hall–Kier alpha value is -2.41. The zero-order chi connectivity index (χ0) is 14.1. The monoisotopic (exact) mass is 268 g/mol. The molecule has 3 nitrogen and oxygen atoms in total. The number of pyridine rings is 1. The van der Waals surface area contributed by atoms with Crippen LogP contribution in [0.5, 0.6) is 0 Å². The molecular weight excluding hydrogens is 255 g/mol. The first-order valence-electron chi connectivity index (χ1n) is 6.65. The van der Waals surface area contributed by atoms with Crippen LogP contribution in [0.4, 0.5) is 4.39 Å². The molecule has 0 atom stereocenters. The molecule has 4 heteroatoms. The molecule has 0 aliphatic heterocycles. The quantitative estimate of drug-likeness (QED) is 0.864. The lowest BCUT2D eigenvalue weighted by molar-refractivity contribution is 0.628. The van der Waals surface area contributed by atoms with Crippen molar-refractivity contribution >= 4 is 0 Å². The van der Waals surface area contributed by atoms with Crippen molar-refractivity contribution in [1.29, 1.82) is 5.26 Å². The molecule has 2 aromatic rings. The SMILES string of the molecule is N#Cc1c2c(c(-c3ccc(F)cc3)[nH]c1=O)CCCC2. The Kier molecular flexibility index (Phi) is 3.11. The minimum Gasteiger partial charge on any atom is -0.321 e. The molecule has 0 bridgehead atoms. The maximum atomic E-state index is 13.0. The Bertz CT molecular complexity index is 754. The van der Waals surface area contributed by atoms with Crippen molar-refractivity contribution < 1.29 is 4.39 Å². The number of nitrogens with one attached hydrogen (secondary N) is 1. The summed E-state index contributed by atoms with van der Waals surface area (Å²) in [6, 6.07) is 8.07. The van der Waals surface area contributed by atoms with Gasteiger partial charge in [0.2, 0.25) is 0 Å². The van der Waals surface area contributed by atoms with Crippen molar-refractivity contribution in [3.8, 4) is 17.3 Å². The van der Waals surface area contributed by atoms with Crippen LogP contribution in [0.1, 0.15) is 29.5 Å². The molecule has 1 aliphatic rings. The van der Waals surface area contributed by atoms with E-state index in [4.69, 9.17) is 5.26 Å². The minimum absolute atomic E-state index is 0.227. The number of rotatable bonds is 1. The van der Waals surface area contributed by atoms with Gasteiger partial charge in [0.25, 0.3) is 5.56 Å². The molecule has 3 rings (SSSR count). The largest absolute Gasteiger partial charge is 0.321 e. The third kappa shape index (κ3) is 2.01. The predicted molar refractivity (Wildman–Crippen MR) is 73.8 cm³/mol. The smallest absolute Gasteiger partial charge is 0.266 e. The average molecular weight is 268 g/mol. The standard InChI is InChI=1S/C16H13FN2O/c17-11-7-5-10(6-8-11)15-13-4-2-1-3-12(13)14(9-18)16(20)19-15/h5-8H,1-4H2,(H,19,20). The summed E-state index contributed by atoms with van der Waals surface area (Å²) >= 11 is 0. The van der Waals surface area contributed by atoms with Gasteiger partial charge in [-0.2, -0.15) is 5.26 Å². The van der Waals surface area contributed by atoms with E-state index in [1.54, 1.807) is 12.1 Å². The van der Waals surface area contributed by atoms with Crippen molar-refractivity contribution in [3.63, 3.8) is 0 Å². The zero-order valence-corrected chi connectivity index (χ0v) is 10.9. The maximum absolute atomic E-state index is 13.0. The highest BCUT2D eigenvalue weighted by Crippen LogP contribution is 2.30. The Morgan fingerprint density at radius 1 is 1.10 bits per heavy atom. The number of benzene rings is 1. The van der Waals surface area contributed by atoms with Crippen LogP contribution in [0.2, 0.25) is 0 Å². The van der Waals surface area contributed by atoms with Crippen LogP contribution >= 0.6 is 0 Å². The molecule has 0 saturated carbocycles. The van der Waals surface area contributed by atoms with Crippen molar-refractivity contribution in [2.75, 3.05) is 0 Å². The van der Waals surface area contributed by atoms with Crippen LogP contribution in [-0.2, 0) is 12.8 Å². The summed E-state index contributed by atoms with van der Waals surface area (Å²) in [4.78, 5) is 14.8. The number of halogens is 1. The van der Waals surface area contributed by atoms with Gasteiger partial charge in [-0.3, -0.25) is 4.79 Å². The molecule has 1 aromatic carbocycles. The number of H-pyrrole nitrogens is 1. The van der Waals surface area contributed by atoms with E-state index in [9.17, 15) is 9.18 Å². The van der Waals surface area contributed by atoms with Gasteiger partial charge in [-0.15, -0.1) is 0 Å². The van der Waals surface area contributed by atoms with E-state index in [1.165, 1.54) is 12.1 Å². The van der Waals surface area contributed by atoms with Gasteiger partial charge in [0, 0.05) is 0 Å². The second-order valence-electron chi connectivity index (χ2n) is 4.99. The number of nitriles is 1. The normalized spacial score (nSPS) is 13.6. The van der Waals surface area contributed by atoms with E-state index >= 15 is 0 Å². The second kappa shape index (κ2) is 4.93. The number of hydrogen-bond donors (Lipinski definition) is 1. The van der Waals surface area contributed by atoms with Crippen LogP contribution < -0.4 is 5.56 Å². The van der Waals surface area contributed by atoms with Gasteiger partial charge in [-0.25, -0.2) is 4.39 Å². The molecule has 1 aromatic heterocycles. The van der Waals surface area contributed by atoms with Gasteiger partial charge in [0.15, 0.2) is 0 Å². The fourth-order valence-electron chi connectivity index (χ4n) is 2.83. The zero-order valence-electron chi connectivity index (χ0n) is 10.9. The Balaban J connectivity index is 2.27. The molecule has 0 unspecified atom stereocenters. The summed E-state index contributed by atoms with van der Waals surface area (Å²) in [6.45, 7) is 0. The molecule has 1 heterocycles. The number of fused-ring (bicyclic) bond motifs is 1. The van der Waals surface area contributed by atoms with Gasteiger partial charge >= 0.3 is 0 Å². The molecule has 100 valence electrons. The summed E-state index contributed by atoms with van der Waals surface area (Å²) < 4.78 is 13.0. The van der Waals surface area contributed by atoms with Gasteiger partial charge in [-0.1, -0.05) is 0 Å². The molecule has 1 aliphatic carbocycles. The summed E-state index contributed by atoms with van der Waals surface area (Å²) in [7, 11) is 0. The van der Waals surface area contributed by atoms with Gasteiger partial charge in [0.1, 0.15) is 17.4 Å². The molecule has 0 radical (unpaired) electrons. The topological polar surface area (TPSA) is 56.6 Å². The fraction of sp³-hybridized carbons (Fsp3) is 0.250. The minimum atomic E-state index is -0.354. The molecule has 20 heavy (non-hydrogen) atoms. The average Bonchev–Trinajstić information content (AvgIpc) is 2.47. The molecule has 0 saturated heterocycles. The first-order valence-corrected chi connectivity index (χ1v) is 6.65. The van der Waals surface area contributed by atoms with E-state index in [0.717, 1.165) is 48.1 Å². The van der Waals surface area contributed by atoms with E-state index in [1.807, 2.05) is 6.07 Å². The third-order valence-electron chi connectivity index (χ3n) is 3.78. The molecule has 0 fully saturated rings. The van der Waals surface area contributed by atoms with Crippen molar-refractivity contribution in [1.82, 2.24) is 4.98 Å². The first kappa shape index (κ1) is 12.6. The Labute approximate surface area is 115 Å². The van der Waals surface area contributed by atoms with Crippen molar-refractivity contribution in [3.05, 3.63) is 57.1 Å². The summed E-state index contributed by atoms with van der Waals surface area (Å²) in [6.07, 6.45) is 3.63. The van der Waals surface area contributed by atoms with E-state index in [0.29, 0.717) is 0 Å². The number of nitrogens with zero attached hydrogens (tertiary/aromatic N) is 1. The number of hydrogen-bond acceptors (Lipinski definition) is 2. The first-order chi connectivity index (χ1) is 9.70. The van der Waals surface area contributed by atoms with Gasteiger partial charge < -0.3 is 4.98 Å². The van der Waals surface area contributed by atoms with Crippen LogP contribution in [0, 0.1) is 17.1 Å². The summed E-state index contributed by atoms with van der Waals surface area (Å²) in [5, 5.41) is 9.15. The van der Waals surface area contributed by atoms with Crippen LogP contribution in [-0.4, -0.2) is 4.98 Å². The highest BCUT2D eigenvalue weighted by Gasteiger charge is 2.20. The summed E-state index contributed by atoms with van der Waals surface area (Å²) in [5.41, 5.74) is 3.27. The van der Waals surface area contributed by atoms with E-state index in [2.05, 4.69) is 4.98 Å². The van der Waals surface area contributed by atoms with Crippen molar-refractivity contribution in [2.24, 2.45) is 0 Å². The molecule has 0 amide bonds. The van der Waals surface area contributed by atoms with Crippen LogP contribution in [0.3, 0.4) is 0 Å². The fourth-order valence-corrected chi connectivity index (χ4v) is 2.83. The predicted octanol–water partition coefficient (Wildman–Crippen LogP) is 2.93. The third-order valence-corrected chi connectivity index (χ3v) is 3.78. The molecular formula is C16H13FN2O. The lowest BCUT2D eigenvalue weighted by Crippen LogP contribution is -2.20. The van der Waals surface area contributed by atoms with Crippen molar-refractivity contribution in [2.45, 2.75) is 25.7 Å². The summed E-state index contributed by atoms with van der Waals surface area (Å²) in [5.74, 6) is -0.307. The van der Waals surface area contributed by atoms with Crippen LogP contribution in [0.15, 0.2) is 29.1 Å². The van der Waals surface area contributed by atoms with E-state index < -0.39 is 0 Å².